The molecule has 0 aliphatic heterocycles. The van der Waals surface area contributed by atoms with Crippen molar-refractivity contribution in [2.45, 2.75) is 36.3 Å². The first-order valence-electron chi connectivity index (χ1n) is 7.82. The molecule has 0 spiro atoms. The quantitative estimate of drug-likeness (QED) is 0.781. The number of carbonyl (C=O) groups excluding carboxylic acids is 1. The molecule has 1 N–H and O–H groups in total. The minimum absolute atomic E-state index is 0. The number of carbonyl (C=O) groups is 1. The lowest BCUT2D eigenvalue weighted by atomic mass is 10.1. The largest absolute Gasteiger partial charge is 0.355 e. The Morgan fingerprint density at radius 2 is 1.75 bits per heavy atom. The predicted molar refractivity (Wildman–Crippen MR) is 95.4 cm³/mol. The average Bonchev–Trinajstić information content (AvgIpc) is 2.60. The molecule has 1 heterocycles. The second-order valence-corrected chi connectivity index (χ2v) is 8.54. The van der Waals surface area contributed by atoms with E-state index in [0.29, 0.717) is 6.54 Å². The fourth-order valence-corrected chi connectivity index (χ4v) is 3.67. The SMILES string of the molecule is CC(C)(C(=O)NCCCc1ccccc1)S(=O)(=O)c1ccncc1.[HH]. The first-order chi connectivity index (χ1) is 11.4. The maximum atomic E-state index is 12.7. The molecule has 130 valence electrons. The van der Waals surface area contributed by atoms with Gasteiger partial charge in [0, 0.05) is 20.4 Å². The Balaban J connectivity index is 0.00000312. The Labute approximate surface area is 144 Å². The highest BCUT2D eigenvalue weighted by molar-refractivity contribution is 7.93. The van der Waals surface area contributed by atoms with Crippen molar-refractivity contribution in [3.63, 3.8) is 0 Å². The summed E-state index contributed by atoms with van der Waals surface area (Å²) in [4.78, 5) is 16.3. The lowest BCUT2D eigenvalue weighted by Gasteiger charge is -2.23. The van der Waals surface area contributed by atoms with Crippen LogP contribution >= 0.6 is 0 Å². The first-order valence-corrected chi connectivity index (χ1v) is 9.31. The van der Waals surface area contributed by atoms with Gasteiger partial charge in [-0.1, -0.05) is 30.3 Å². The van der Waals surface area contributed by atoms with Gasteiger partial charge in [-0.15, -0.1) is 0 Å². The smallest absolute Gasteiger partial charge is 0.241 e. The maximum Gasteiger partial charge on any atom is 0.241 e. The molecule has 0 fully saturated rings. The predicted octanol–water partition coefficient (Wildman–Crippen LogP) is 2.63. The van der Waals surface area contributed by atoms with Gasteiger partial charge in [0.15, 0.2) is 9.84 Å². The van der Waals surface area contributed by atoms with E-state index in [-0.39, 0.29) is 6.32 Å². The summed E-state index contributed by atoms with van der Waals surface area (Å²) in [5, 5.41) is 2.74. The van der Waals surface area contributed by atoms with E-state index >= 15 is 0 Å². The number of hydrogen-bond donors (Lipinski definition) is 1. The molecule has 0 radical (unpaired) electrons. The number of pyridine rings is 1. The maximum absolute atomic E-state index is 12.7. The fourth-order valence-electron chi connectivity index (χ4n) is 2.29. The van der Waals surface area contributed by atoms with Gasteiger partial charge < -0.3 is 5.32 Å². The standard InChI is InChI=1S/C18H22N2O3S.H2/c1-18(2,24(22,23)16-10-13-19-14-11-16)17(21)20-12-6-9-15-7-4-3-5-8-15;/h3-5,7-8,10-11,13-14H,6,9,12H2,1-2H3,(H,20,21);1H. The zero-order valence-electron chi connectivity index (χ0n) is 13.9. The third kappa shape index (κ3) is 4.00. The summed E-state index contributed by atoms with van der Waals surface area (Å²) in [7, 11) is -3.78. The van der Waals surface area contributed by atoms with Crippen molar-refractivity contribution >= 4 is 15.7 Å². The summed E-state index contributed by atoms with van der Waals surface area (Å²) in [6.07, 6.45) is 4.39. The normalized spacial score (nSPS) is 11.9. The van der Waals surface area contributed by atoms with Crippen LogP contribution in [0.25, 0.3) is 0 Å². The van der Waals surface area contributed by atoms with E-state index in [1.54, 1.807) is 0 Å². The molecular formula is C18H24N2O3S. The van der Waals surface area contributed by atoms with Crippen LogP contribution in [0.3, 0.4) is 0 Å². The summed E-state index contributed by atoms with van der Waals surface area (Å²) in [6, 6.07) is 12.8. The minimum atomic E-state index is -3.78. The van der Waals surface area contributed by atoms with Crippen LogP contribution in [-0.2, 0) is 21.1 Å². The summed E-state index contributed by atoms with van der Waals surface area (Å²) in [6.45, 7) is 3.29. The highest BCUT2D eigenvalue weighted by Gasteiger charge is 2.42. The molecule has 1 amide bonds. The number of nitrogens with zero attached hydrogens (tertiary/aromatic N) is 1. The number of aryl methyl sites for hydroxylation is 1. The number of amides is 1. The van der Waals surface area contributed by atoms with E-state index in [4.69, 9.17) is 0 Å². The number of sulfone groups is 1. The summed E-state index contributed by atoms with van der Waals surface area (Å²) < 4.78 is 23.8. The van der Waals surface area contributed by atoms with Crippen LogP contribution in [0.4, 0.5) is 0 Å². The number of hydrogen-bond acceptors (Lipinski definition) is 4. The number of rotatable bonds is 7. The molecule has 1 aromatic heterocycles. The van der Waals surface area contributed by atoms with Gasteiger partial charge in [-0.25, -0.2) is 8.42 Å². The van der Waals surface area contributed by atoms with Crippen molar-refractivity contribution < 1.29 is 14.6 Å². The molecule has 0 unspecified atom stereocenters. The van der Waals surface area contributed by atoms with Gasteiger partial charge in [-0.2, -0.15) is 0 Å². The van der Waals surface area contributed by atoms with Gasteiger partial charge in [0.1, 0.15) is 4.75 Å². The van der Waals surface area contributed by atoms with Crippen LogP contribution in [0, 0.1) is 0 Å². The van der Waals surface area contributed by atoms with Crippen LogP contribution in [-0.4, -0.2) is 30.6 Å². The molecule has 0 bridgehead atoms. The van der Waals surface area contributed by atoms with Gasteiger partial charge in [0.05, 0.1) is 4.90 Å². The highest BCUT2D eigenvalue weighted by atomic mass is 32.2. The molecule has 0 saturated heterocycles. The first kappa shape index (κ1) is 18.1. The topological polar surface area (TPSA) is 76.1 Å². The van der Waals surface area contributed by atoms with E-state index in [1.165, 1.54) is 43.9 Å². The Morgan fingerprint density at radius 3 is 2.38 bits per heavy atom. The van der Waals surface area contributed by atoms with E-state index < -0.39 is 20.5 Å². The molecule has 0 aliphatic rings. The van der Waals surface area contributed by atoms with Gasteiger partial charge in [0.2, 0.25) is 5.91 Å². The Kier molecular flexibility index (Phi) is 5.72. The molecule has 1 aromatic carbocycles. The molecule has 0 atom stereocenters. The third-order valence-corrected chi connectivity index (χ3v) is 6.37. The van der Waals surface area contributed by atoms with E-state index in [0.717, 1.165) is 12.8 Å². The van der Waals surface area contributed by atoms with Gasteiger partial charge in [-0.3, -0.25) is 9.78 Å². The third-order valence-electron chi connectivity index (χ3n) is 3.95. The molecule has 5 nitrogen and oxygen atoms in total. The van der Waals surface area contributed by atoms with Crippen molar-refractivity contribution in [3.05, 3.63) is 60.4 Å². The van der Waals surface area contributed by atoms with Crippen molar-refractivity contribution in [3.8, 4) is 0 Å². The van der Waals surface area contributed by atoms with Crippen molar-refractivity contribution in [2.75, 3.05) is 6.54 Å². The Hall–Kier alpha value is -2.21. The monoisotopic (exact) mass is 348 g/mol. The molecular weight excluding hydrogens is 324 g/mol. The summed E-state index contributed by atoms with van der Waals surface area (Å²) in [5.41, 5.74) is 1.19. The zero-order chi connectivity index (χ0) is 17.6. The van der Waals surface area contributed by atoms with E-state index in [9.17, 15) is 13.2 Å². The minimum Gasteiger partial charge on any atom is -0.355 e. The number of aromatic nitrogens is 1. The van der Waals surface area contributed by atoms with Crippen LogP contribution in [0.2, 0.25) is 0 Å². The summed E-state index contributed by atoms with van der Waals surface area (Å²) in [5.74, 6) is -0.493. The molecule has 0 saturated carbocycles. The number of nitrogens with one attached hydrogen (secondary N) is 1. The second-order valence-electron chi connectivity index (χ2n) is 6.04. The molecule has 6 heteroatoms. The number of benzene rings is 1. The van der Waals surface area contributed by atoms with E-state index in [2.05, 4.69) is 10.3 Å². The van der Waals surface area contributed by atoms with Crippen LogP contribution in [0.15, 0.2) is 59.8 Å². The van der Waals surface area contributed by atoms with Gasteiger partial charge in [0.25, 0.3) is 0 Å². The molecule has 24 heavy (non-hydrogen) atoms. The van der Waals surface area contributed by atoms with Crippen molar-refractivity contribution in [2.24, 2.45) is 0 Å². The molecule has 2 aromatic rings. The van der Waals surface area contributed by atoms with Crippen LogP contribution in [0.5, 0.6) is 0 Å². The lowest BCUT2D eigenvalue weighted by Crippen LogP contribution is -2.48. The highest BCUT2D eigenvalue weighted by Crippen LogP contribution is 2.25. The second kappa shape index (κ2) is 7.57. The lowest BCUT2D eigenvalue weighted by molar-refractivity contribution is -0.122. The van der Waals surface area contributed by atoms with Crippen molar-refractivity contribution in [1.82, 2.24) is 10.3 Å². The van der Waals surface area contributed by atoms with Crippen molar-refractivity contribution in [1.29, 1.82) is 0 Å². The van der Waals surface area contributed by atoms with Crippen LogP contribution in [0.1, 0.15) is 27.3 Å². The van der Waals surface area contributed by atoms with E-state index in [1.807, 2.05) is 30.3 Å². The Morgan fingerprint density at radius 1 is 1.12 bits per heavy atom. The molecule has 2 rings (SSSR count). The van der Waals surface area contributed by atoms with Crippen LogP contribution < -0.4 is 5.32 Å². The molecule has 0 aliphatic carbocycles. The van der Waals surface area contributed by atoms with Gasteiger partial charge >= 0.3 is 0 Å². The van der Waals surface area contributed by atoms with Gasteiger partial charge in [-0.05, 0) is 44.4 Å². The average molecular weight is 348 g/mol. The zero-order valence-corrected chi connectivity index (χ0v) is 14.7. The summed E-state index contributed by atoms with van der Waals surface area (Å²) >= 11 is 0. The Bertz CT molecular complexity index is 778. The fraction of sp³-hybridized carbons (Fsp3) is 0.333.